The fourth-order valence-electron chi connectivity index (χ4n) is 0.507. The van der Waals surface area contributed by atoms with Gasteiger partial charge in [0.1, 0.15) is 11.9 Å². The second-order valence-corrected chi connectivity index (χ2v) is 5.24. The molecule has 0 saturated heterocycles. The van der Waals surface area contributed by atoms with E-state index in [4.69, 9.17) is 0 Å². The summed E-state index contributed by atoms with van der Waals surface area (Å²) in [5, 5.41) is 19.5. The van der Waals surface area contributed by atoms with Crippen LogP contribution in [0.2, 0.25) is 0 Å². The molecule has 0 saturated carbocycles. The number of thioether (sulfide) groups is 2. The maximum absolute atomic E-state index is 10.2. The van der Waals surface area contributed by atoms with Crippen molar-refractivity contribution in [3.8, 4) is 0 Å². The molecule has 0 bridgehead atoms. The van der Waals surface area contributed by atoms with E-state index in [1.165, 1.54) is 23.5 Å². The molecule has 0 aliphatic heterocycles. The Balaban J connectivity index is -0.0000000711. The molecule has 0 aromatic rings. The van der Waals surface area contributed by atoms with Crippen molar-refractivity contribution in [3.63, 3.8) is 0 Å². The second-order valence-electron chi connectivity index (χ2n) is 2.70. The molecule has 0 aromatic heterocycles. The Labute approximate surface area is 143 Å². The summed E-state index contributed by atoms with van der Waals surface area (Å²) in [5.41, 5.74) is 0. The van der Waals surface area contributed by atoms with Crippen LogP contribution < -0.4 is 10.2 Å². The first-order valence-corrected chi connectivity index (χ1v) is 7.31. The number of rotatable bonds is 8. The molecule has 0 atom stereocenters. The third-order valence-corrected chi connectivity index (χ3v) is 3.08. The first kappa shape index (κ1) is 32.5. The van der Waals surface area contributed by atoms with Gasteiger partial charge in [-0.05, 0) is 11.5 Å². The second kappa shape index (κ2) is 21.8. The van der Waals surface area contributed by atoms with Crippen LogP contribution in [0.15, 0.2) is 0 Å². The van der Waals surface area contributed by atoms with Crippen molar-refractivity contribution in [1.29, 1.82) is 0 Å². The zero-order valence-corrected chi connectivity index (χ0v) is 14.8. The quantitative estimate of drug-likeness (QED) is 0.280. The van der Waals surface area contributed by atoms with Crippen LogP contribution in [0.25, 0.3) is 0 Å². The topological polar surface area (TPSA) is 177 Å². The fourth-order valence-corrected chi connectivity index (χ4v) is 1.52. The predicted molar refractivity (Wildman–Crippen MR) is 73.3 cm³/mol. The first-order valence-electron chi connectivity index (χ1n) is 5.00. The summed E-state index contributed by atoms with van der Waals surface area (Å²) in [6.45, 7) is 3.71. The van der Waals surface area contributed by atoms with Crippen LogP contribution in [0, 0.1) is 0 Å². The Hall–Kier alpha value is -0.477. The molecule has 0 spiro atoms. The average Bonchev–Trinajstić information content (AvgIpc) is 2.33. The van der Waals surface area contributed by atoms with Crippen molar-refractivity contribution < 1.29 is 59.8 Å². The van der Waals surface area contributed by atoms with E-state index in [9.17, 15) is 29.4 Å². The molecular weight excluding hydrogens is 413 g/mol. The molecule has 0 fully saturated rings. The molecule has 11 heteroatoms. The van der Waals surface area contributed by atoms with Gasteiger partial charge in [0.05, 0.1) is 11.5 Å². The predicted octanol–water partition coefficient (Wildman–Crippen LogP) is -3.53. The fraction of sp³-hybridized carbons (Fsp3) is 0.600. The molecule has 21 heavy (non-hydrogen) atoms. The Morgan fingerprint density at radius 1 is 0.762 bits per heavy atom. The van der Waals surface area contributed by atoms with Crippen LogP contribution >= 0.6 is 23.5 Å². The first-order chi connectivity index (χ1) is 8.36. The normalized spacial score (nSPS) is 7.71. The molecular formula is C10H18O8RuS2. The number of hydrogen-bond donors (Lipinski definition) is 0. The molecule has 0 rings (SSSR count). The minimum Gasteiger partial charge on any atom is -0.542 e. The van der Waals surface area contributed by atoms with Gasteiger partial charge in [-0.3, -0.25) is 9.59 Å². The Kier molecular flexibility index (Phi) is 33.7. The number of hydrogen-bond acceptors (Lipinski definition) is 8. The van der Waals surface area contributed by atoms with Gasteiger partial charge in [0.25, 0.3) is 0 Å². The summed E-state index contributed by atoms with van der Waals surface area (Å²) in [5.74, 6) is -3.29. The molecule has 4 N–H and O–H groups in total. The van der Waals surface area contributed by atoms with Crippen LogP contribution in [0.5, 0.6) is 0 Å². The Morgan fingerprint density at radius 3 is 1.14 bits per heavy atom. The number of ketones is 2. The van der Waals surface area contributed by atoms with Gasteiger partial charge in [0, 0.05) is 0 Å². The molecule has 0 aliphatic carbocycles. The number of aliphatic carboxylic acids is 2. The van der Waals surface area contributed by atoms with Crippen molar-refractivity contribution in [2.24, 2.45) is 0 Å². The van der Waals surface area contributed by atoms with Crippen LogP contribution in [-0.4, -0.2) is 57.5 Å². The van der Waals surface area contributed by atoms with E-state index < -0.39 is 23.5 Å². The number of carboxylic acids is 2. The average molecular weight is 431 g/mol. The number of carbonyl (C=O) groups is 4. The minimum atomic E-state index is -1.59. The van der Waals surface area contributed by atoms with E-state index in [0.29, 0.717) is 0 Å². The van der Waals surface area contributed by atoms with Crippen LogP contribution in [-0.2, 0) is 38.7 Å². The van der Waals surface area contributed by atoms with Crippen LogP contribution in [0.1, 0.15) is 13.8 Å². The molecule has 0 aromatic carbocycles. The van der Waals surface area contributed by atoms with Crippen molar-refractivity contribution in [3.05, 3.63) is 0 Å². The van der Waals surface area contributed by atoms with Gasteiger partial charge in [0.15, 0.2) is 11.6 Å². The van der Waals surface area contributed by atoms with Crippen molar-refractivity contribution in [1.82, 2.24) is 0 Å². The maximum Gasteiger partial charge on any atom is 2.00 e. The van der Waals surface area contributed by atoms with Gasteiger partial charge in [-0.2, -0.15) is 23.5 Å². The Bertz CT molecular complexity index is 281. The van der Waals surface area contributed by atoms with Crippen LogP contribution in [0.3, 0.4) is 0 Å². The molecule has 0 radical (unpaired) electrons. The maximum atomic E-state index is 10.2. The third-order valence-electron chi connectivity index (χ3n) is 1.33. The summed E-state index contributed by atoms with van der Waals surface area (Å²) in [6, 6.07) is 0. The summed E-state index contributed by atoms with van der Waals surface area (Å²) < 4.78 is 0. The van der Waals surface area contributed by atoms with Crippen molar-refractivity contribution >= 4 is 47.0 Å². The van der Waals surface area contributed by atoms with Crippen molar-refractivity contribution in [2.75, 3.05) is 23.0 Å². The van der Waals surface area contributed by atoms with E-state index in [2.05, 4.69) is 0 Å². The van der Waals surface area contributed by atoms with Crippen molar-refractivity contribution in [2.45, 2.75) is 13.8 Å². The smallest absolute Gasteiger partial charge is 0.542 e. The minimum absolute atomic E-state index is 0. The van der Waals surface area contributed by atoms with Gasteiger partial charge in [-0.15, -0.1) is 0 Å². The molecule has 8 nitrogen and oxygen atoms in total. The largest absolute Gasteiger partial charge is 2.00 e. The molecule has 0 unspecified atom stereocenters. The molecule has 0 aliphatic rings. The van der Waals surface area contributed by atoms with E-state index in [-0.39, 0.29) is 41.9 Å². The summed E-state index contributed by atoms with van der Waals surface area (Å²) in [6.07, 6.45) is 0. The third kappa shape index (κ3) is 24.9. The summed E-state index contributed by atoms with van der Waals surface area (Å²) in [4.78, 5) is 39.9. The van der Waals surface area contributed by atoms with Gasteiger partial charge in [0.2, 0.25) is 0 Å². The molecule has 0 heterocycles. The number of Topliss-reactive ketones (excluding diaryl/α,β-unsaturated/α-hetero) is 2. The summed E-state index contributed by atoms with van der Waals surface area (Å²) in [7, 11) is 0. The Morgan fingerprint density at radius 2 is 1.00 bits per heavy atom. The van der Waals surface area contributed by atoms with Gasteiger partial charge >= 0.3 is 19.5 Å². The van der Waals surface area contributed by atoms with E-state index in [1.807, 2.05) is 13.8 Å². The van der Waals surface area contributed by atoms with E-state index in [1.54, 1.807) is 0 Å². The zero-order chi connectivity index (χ0) is 14.6. The van der Waals surface area contributed by atoms with Gasteiger partial charge < -0.3 is 30.8 Å². The number of carboxylic acid groups (broad SMARTS) is 2. The van der Waals surface area contributed by atoms with E-state index >= 15 is 0 Å². The molecule has 126 valence electrons. The standard InChI is InChI=1S/2C5H8O3S.2H2O.Ru/c2*1-2-9-3-4(6)5(7)8;;;/h2*2-3H2,1H3,(H,7,8);2*1H2;/q;;;;+2/p-2. The SMILES string of the molecule is CCSCC(=O)C(=O)[O-].CCSCC(=O)C(=O)[O-].O.O.[Ru+2]. The number of carbonyl (C=O) groups excluding carboxylic acids is 4. The summed E-state index contributed by atoms with van der Waals surface area (Å²) >= 11 is 2.55. The van der Waals surface area contributed by atoms with E-state index in [0.717, 1.165) is 11.5 Å². The van der Waals surface area contributed by atoms with Crippen LogP contribution in [0.4, 0.5) is 0 Å². The van der Waals surface area contributed by atoms with Gasteiger partial charge in [-0.1, -0.05) is 13.8 Å². The molecule has 0 amide bonds. The zero-order valence-electron chi connectivity index (χ0n) is 11.4. The monoisotopic (exact) mass is 432 g/mol. The van der Waals surface area contributed by atoms with Gasteiger partial charge in [-0.25, -0.2) is 0 Å².